The molecule has 0 spiro atoms. The summed E-state index contributed by atoms with van der Waals surface area (Å²) in [6.45, 7) is 0.413. The van der Waals surface area contributed by atoms with E-state index in [0.29, 0.717) is 18.0 Å². The summed E-state index contributed by atoms with van der Waals surface area (Å²) in [6, 6.07) is 21.1. The average Bonchev–Trinajstić information content (AvgIpc) is 3.10. The number of nitrogens with zero attached hydrogens (tertiary/aromatic N) is 1. The maximum atomic E-state index is 13.2. The Bertz CT molecular complexity index is 1160. The van der Waals surface area contributed by atoms with Crippen LogP contribution in [-0.4, -0.2) is 42.5 Å². The van der Waals surface area contributed by atoms with Gasteiger partial charge in [0.15, 0.2) is 9.84 Å². The number of benzene rings is 3. The van der Waals surface area contributed by atoms with E-state index in [-0.39, 0.29) is 29.2 Å². The van der Waals surface area contributed by atoms with Crippen LogP contribution in [0.3, 0.4) is 0 Å². The summed E-state index contributed by atoms with van der Waals surface area (Å²) in [7, 11) is -3.09. The topological polar surface area (TPSA) is 54.5 Å². The molecule has 3 aromatic rings. The third-order valence-electron chi connectivity index (χ3n) is 5.33. The third kappa shape index (κ3) is 4.82. The number of fused-ring (bicyclic) bond motifs is 1. The second-order valence-corrected chi connectivity index (χ2v) is 11.1. The smallest absolute Gasteiger partial charge is 0.233 e. The van der Waals surface area contributed by atoms with Gasteiger partial charge in [0.2, 0.25) is 5.91 Å². The Morgan fingerprint density at radius 3 is 2.47 bits per heavy atom. The first-order valence-electron chi connectivity index (χ1n) is 9.77. The first-order valence-corrected chi connectivity index (χ1v) is 13.0. The Morgan fingerprint density at radius 2 is 1.77 bits per heavy atom. The molecule has 1 aliphatic rings. The zero-order chi connectivity index (χ0) is 21.1. The SMILES string of the molecule is O=C(CSc1cccc2cccc(Cl)c12)N(Cc1ccccc1)[C@@H]1CCS(=O)(=O)C1. The van der Waals surface area contributed by atoms with Crippen LogP contribution < -0.4 is 0 Å². The molecule has 0 radical (unpaired) electrons. The minimum Gasteiger partial charge on any atom is -0.334 e. The van der Waals surface area contributed by atoms with Crippen molar-refractivity contribution < 1.29 is 13.2 Å². The van der Waals surface area contributed by atoms with Gasteiger partial charge in [-0.1, -0.05) is 66.2 Å². The summed E-state index contributed by atoms with van der Waals surface area (Å²) < 4.78 is 24.1. The first kappa shape index (κ1) is 21.2. The normalized spacial score (nSPS) is 17.8. The number of carbonyl (C=O) groups is 1. The van der Waals surface area contributed by atoms with Gasteiger partial charge in [0.05, 0.1) is 17.3 Å². The molecule has 1 amide bonds. The van der Waals surface area contributed by atoms with Crippen LogP contribution in [0.1, 0.15) is 12.0 Å². The predicted octanol–water partition coefficient (Wildman–Crippen LogP) is 4.80. The number of hydrogen-bond donors (Lipinski definition) is 0. The quantitative estimate of drug-likeness (QED) is 0.497. The van der Waals surface area contributed by atoms with Crippen molar-refractivity contribution in [3.8, 4) is 0 Å². The van der Waals surface area contributed by atoms with Crippen LogP contribution in [-0.2, 0) is 21.2 Å². The second kappa shape index (κ2) is 9.00. The van der Waals surface area contributed by atoms with Crippen molar-refractivity contribution in [2.75, 3.05) is 17.3 Å². The lowest BCUT2D eigenvalue weighted by atomic mass is 10.1. The molecule has 1 fully saturated rings. The summed E-state index contributed by atoms with van der Waals surface area (Å²) in [5.74, 6) is 0.349. The molecule has 4 rings (SSSR count). The Morgan fingerprint density at radius 1 is 1.03 bits per heavy atom. The molecule has 1 saturated heterocycles. The van der Waals surface area contributed by atoms with Crippen molar-refractivity contribution in [2.24, 2.45) is 0 Å². The number of thioether (sulfide) groups is 1. The molecule has 7 heteroatoms. The molecule has 156 valence electrons. The van der Waals surface area contributed by atoms with Gasteiger partial charge in [-0.15, -0.1) is 11.8 Å². The van der Waals surface area contributed by atoms with Gasteiger partial charge in [0.1, 0.15) is 0 Å². The van der Waals surface area contributed by atoms with E-state index in [1.807, 2.05) is 66.7 Å². The highest BCUT2D eigenvalue weighted by Crippen LogP contribution is 2.33. The molecule has 0 aliphatic carbocycles. The summed E-state index contributed by atoms with van der Waals surface area (Å²) in [6.07, 6.45) is 0.492. The largest absolute Gasteiger partial charge is 0.334 e. The van der Waals surface area contributed by atoms with Crippen LogP contribution in [0.5, 0.6) is 0 Å². The molecular formula is C23H22ClNO3S2. The third-order valence-corrected chi connectivity index (χ3v) is 8.44. The summed E-state index contributed by atoms with van der Waals surface area (Å²) >= 11 is 7.85. The molecule has 1 heterocycles. The van der Waals surface area contributed by atoms with Gasteiger partial charge in [-0.2, -0.15) is 0 Å². The Hall–Kier alpha value is -2.02. The minimum atomic E-state index is -3.09. The van der Waals surface area contributed by atoms with Gasteiger partial charge >= 0.3 is 0 Å². The van der Waals surface area contributed by atoms with Gasteiger partial charge in [-0.3, -0.25) is 4.79 Å². The molecule has 4 nitrogen and oxygen atoms in total. The highest BCUT2D eigenvalue weighted by atomic mass is 35.5. The van der Waals surface area contributed by atoms with Crippen LogP contribution in [0.4, 0.5) is 0 Å². The fourth-order valence-electron chi connectivity index (χ4n) is 3.83. The molecule has 0 unspecified atom stereocenters. The van der Waals surface area contributed by atoms with Crippen molar-refractivity contribution in [2.45, 2.75) is 23.9 Å². The summed E-state index contributed by atoms with van der Waals surface area (Å²) in [5, 5.41) is 2.63. The Labute approximate surface area is 186 Å². The average molecular weight is 460 g/mol. The highest BCUT2D eigenvalue weighted by molar-refractivity contribution is 8.00. The molecule has 1 aliphatic heterocycles. The van der Waals surface area contributed by atoms with Crippen molar-refractivity contribution in [1.82, 2.24) is 4.90 Å². The standard InChI is InChI=1S/C23H22ClNO3S2/c24-20-10-4-8-18-9-5-11-21(23(18)20)29-15-22(26)25(14-17-6-2-1-3-7-17)19-12-13-30(27,28)16-19/h1-11,19H,12-16H2/t19-/m1/s1. The Kier molecular flexibility index (Phi) is 6.37. The molecule has 0 saturated carbocycles. The van der Waals surface area contributed by atoms with Crippen molar-refractivity contribution >= 4 is 49.9 Å². The lowest BCUT2D eigenvalue weighted by Crippen LogP contribution is -2.41. The lowest BCUT2D eigenvalue weighted by molar-refractivity contribution is -0.130. The zero-order valence-corrected chi connectivity index (χ0v) is 18.7. The fourth-order valence-corrected chi connectivity index (χ4v) is 6.89. The number of rotatable bonds is 6. The maximum Gasteiger partial charge on any atom is 0.233 e. The summed E-state index contributed by atoms with van der Waals surface area (Å²) in [5.41, 5.74) is 0.994. The van der Waals surface area contributed by atoms with Crippen LogP contribution in [0, 0.1) is 0 Å². The van der Waals surface area contributed by atoms with E-state index in [1.54, 1.807) is 4.90 Å². The van der Waals surface area contributed by atoms with Crippen molar-refractivity contribution in [3.63, 3.8) is 0 Å². The second-order valence-electron chi connectivity index (χ2n) is 7.45. The van der Waals surface area contributed by atoms with E-state index in [4.69, 9.17) is 11.6 Å². The van der Waals surface area contributed by atoms with Gasteiger partial charge in [0, 0.05) is 27.9 Å². The maximum absolute atomic E-state index is 13.2. The van der Waals surface area contributed by atoms with E-state index < -0.39 is 9.84 Å². The Balaban J connectivity index is 1.55. The van der Waals surface area contributed by atoms with Crippen LogP contribution in [0.25, 0.3) is 10.8 Å². The van der Waals surface area contributed by atoms with E-state index in [1.165, 1.54) is 11.8 Å². The molecule has 1 atom stereocenters. The van der Waals surface area contributed by atoms with Crippen LogP contribution in [0.2, 0.25) is 5.02 Å². The van der Waals surface area contributed by atoms with Crippen LogP contribution in [0.15, 0.2) is 71.6 Å². The molecular weight excluding hydrogens is 438 g/mol. The number of carbonyl (C=O) groups excluding carboxylic acids is 1. The van der Waals surface area contributed by atoms with E-state index in [2.05, 4.69) is 0 Å². The summed E-state index contributed by atoms with van der Waals surface area (Å²) in [4.78, 5) is 15.9. The van der Waals surface area contributed by atoms with E-state index in [9.17, 15) is 13.2 Å². The molecule has 3 aromatic carbocycles. The number of sulfone groups is 1. The molecule has 30 heavy (non-hydrogen) atoms. The van der Waals surface area contributed by atoms with Gasteiger partial charge in [-0.25, -0.2) is 8.42 Å². The van der Waals surface area contributed by atoms with E-state index in [0.717, 1.165) is 21.2 Å². The lowest BCUT2D eigenvalue weighted by Gasteiger charge is -2.28. The van der Waals surface area contributed by atoms with Crippen LogP contribution >= 0.6 is 23.4 Å². The van der Waals surface area contributed by atoms with Gasteiger partial charge in [0.25, 0.3) is 0 Å². The molecule has 0 aromatic heterocycles. The monoisotopic (exact) mass is 459 g/mol. The predicted molar refractivity (Wildman–Crippen MR) is 124 cm³/mol. The van der Waals surface area contributed by atoms with Crippen molar-refractivity contribution in [1.29, 1.82) is 0 Å². The number of hydrogen-bond acceptors (Lipinski definition) is 4. The van der Waals surface area contributed by atoms with Gasteiger partial charge in [-0.05, 0) is 29.5 Å². The molecule has 0 N–H and O–H groups in total. The zero-order valence-electron chi connectivity index (χ0n) is 16.3. The van der Waals surface area contributed by atoms with Crippen molar-refractivity contribution in [3.05, 3.63) is 77.3 Å². The highest BCUT2D eigenvalue weighted by Gasteiger charge is 2.34. The number of amides is 1. The number of halogens is 1. The van der Waals surface area contributed by atoms with E-state index >= 15 is 0 Å². The molecule has 0 bridgehead atoms. The minimum absolute atomic E-state index is 0.0380. The van der Waals surface area contributed by atoms with Gasteiger partial charge < -0.3 is 4.90 Å². The first-order chi connectivity index (χ1) is 14.4. The fraction of sp³-hybridized carbons (Fsp3) is 0.261.